The molecule has 2 aliphatic rings. The van der Waals surface area contributed by atoms with Gasteiger partial charge in [0, 0.05) is 32.2 Å². The van der Waals surface area contributed by atoms with Crippen LogP contribution in [0.15, 0.2) is 30.3 Å². The lowest BCUT2D eigenvalue weighted by atomic mass is 10.1. The van der Waals surface area contributed by atoms with E-state index in [0.29, 0.717) is 0 Å². The average Bonchev–Trinajstić information content (AvgIpc) is 3.08. The van der Waals surface area contributed by atoms with E-state index < -0.39 is 0 Å². The van der Waals surface area contributed by atoms with Crippen molar-refractivity contribution in [3.63, 3.8) is 0 Å². The molecule has 0 radical (unpaired) electrons. The van der Waals surface area contributed by atoms with Crippen LogP contribution in [0.25, 0.3) is 0 Å². The molecule has 0 aliphatic carbocycles. The molecule has 2 unspecified atom stereocenters. The molecule has 3 heteroatoms. The summed E-state index contributed by atoms with van der Waals surface area (Å²) in [6.07, 6.45) is 2.62. The SMILES string of the molecule is NCC1CCN(C2CCN(Cc3ccccc3)C2)C1. The van der Waals surface area contributed by atoms with Gasteiger partial charge in [0.1, 0.15) is 0 Å². The topological polar surface area (TPSA) is 32.5 Å². The number of hydrogen-bond donors (Lipinski definition) is 1. The second-order valence-corrected chi connectivity index (χ2v) is 6.05. The monoisotopic (exact) mass is 259 g/mol. The van der Waals surface area contributed by atoms with Crippen LogP contribution >= 0.6 is 0 Å². The second kappa shape index (κ2) is 6.04. The Balaban J connectivity index is 1.50. The van der Waals surface area contributed by atoms with Crippen molar-refractivity contribution in [3.05, 3.63) is 35.9 Å². The van der Waals surface area contributed by atoms with E-state index in [1.54, 1.807) is 0 Å². The smallest absolute Gasteiger partial charge is 0.0235 e. The van der Waals surface area contributed by atoms with Gasteiger partial charge in [-0.25, -0.2) is 0 Å². The maximum absolute atomic E-state index is 5.79. The largest absolute Gasteiger partial charge is 0.330 e. The first-order valence-electron chi connectivity index (χ1n) is 7.55. The van der Waals surface area contributed by atoms with Crippen molar-refractivity contribution in [3.8, 4) is 0 Å². The zero-order valence-corrected chi connectivity index (χ0v) is 11.7. The van der Waals surface area contributed by atoms with Crippen molar-refractivity contribution in [1.29, 1.82) is 0 Å². The molecule has 3 rings (SSSR count). The molecule has 0 aromatic heterocycles. The minimum absolute atomic E-state index is 0.739. The van der Waals surface area contributed by atoms with Crippen LogP contribution in [-0.4, -0.2) is 48.6 Å². The van der Waals surface area contributed by atoms with Crippen molar-refractivity contribution >= 4 is 0 Å². The molecule has 3 nitrogen and oxygen atoms in total. The summed E-state index contributed by atoms with van der Waals surface area (Å²) in [5.41, 5.74) is 7.22. The molecule has 2 N–H and O–H groups in total. The molecule has 2 heterocycles. The summed E-state index contributed by atoms with van der Waals surface area (Å²) < 4.78 is 0. The minimum atomic E-state index is 0.739. The van der Waals surface area contributed by atoms with Crippen LogP contribution in [-0.2, 0) is 6.54 Å². The van der Waals surface area contributed by atoms with Crippen LogP contribution in [0.4, 0.5) is 0 Å². The lowest BCUT2D eigenvalue weighted by Crippen LogP contribution is -2.36. The lowest BCUT2D eigenvalue weighted by molar-refractivity contribution is 0.223. The predicted molar refractivity (Wildman–Crippen MR) is 78.9 cm³/mol. The first-order chi connectivity index (χ1) is 9.35. The summed E-state index contributed by atoms with van der Waals surface area (Å²) in [5.74, 6) is 0.739. The van der Waals surface area contributed by atoms with E-state index >= 15 is 0 Å². The van der Waals surface area contributed by atoms with Crippen molar-refractivity contribution in [2.75, 3.05) is 32.7 Å². The Morgan fingerprint density at radius 1 is 1.05 bits per heavy atom. The highest BCUT2D eigenvalue weighted by atomic mass is 15.3. The molecule has 2 aliphatic heterocycles. The van der Waals surface area contributed by atoms with E-state index in [9.17, 15) is 0 Å². The molecule has 0 bridgehead atoms. The summed E-state index contributed by atoms with van der Waals surface area (Å²) in [6.45, 7) is 6.91. The fraction of sp³-hybridized carbons (Fsp3) is 0.625. The lowest BCUT2D eigenvalue weighted by Gasteiger charge is -2.24. The Hall–Kier alpha value is -0.900. The van der Waals surface area contributed by atoms with Crippen LogP contribution in [0.5, 0.6) is 0 Å². The number of benzene rings is 1. The van der Waals surface area contributed by atoms with Crippen molar-refractivity contribution < 1.29 is 0 Å². The van der Waals surface area contributed by atoms with Gasteiger partial charge in [0.15, 0.2) is 0 Å². The van der Waals surface area contributed by atoms with Gasteiger partial charge in [-0.15, -0.1) is 0 Å². The fourth-order valence-corrected chi connectivity index (χ4v) is 3.48. The van der Waals surface area contributed by atoms with Gasteiger partial charge in [0.25, 0.3) is 0 Å². The Morgan fingerprint density at radius 2 is 1.89 bits per heavy atom. The molecular formula is C16H25N3. The van der Waals surface area contributed by atoms with Crippen LogP contribution in [0.2, 0.25) is 0 Å². The highest BCUT2D eigenvalue weighted by Gasteiger charge is 2.32. The van der Waals surface area contributed by atoms with Crippen LogP contribution in [0.3, 0.4) is 0 Å². The van der Waals surface area contributed by atoms with Gasteiger partial charge in [-0.1, -0.05) is 30.3 Å². The third-order valence-corrected chi connectivity index (χ3v) is 4.66. The average molecular weight is 259 g/mol. The Labute approximate surface area is 116 Å². The van der Waals surface area contributed by atoms with E-state index in [2.05, 4.69) is 40.1 Å². The van der Waals surface area contributed by atoms with E-state index in [0.717, 1.165) is 25.0 Å². The molecule has 1 aromatic carbocycles. The number of nitrogens with two attached hydrogens (primary N) is 1. The Kier molecular flexibility index (Phi) is 4.16. The standard InChI is InChI=1S/C16H25N3/c17-10-15-6-9-19(12-15)16-7-8-18(13-16)11-14-4-2-1-3-5-14/h1-5,15-16H,6-13,17H2. The number of likely N-dealkylation sites (tertiary alicyclic amines) is 2. The van der Waals surface area contributed by atoms with E-state index in [1.807, 2.05) is 0 Å². The van der Waals surface area contributed by atoms with Crippen LogP contribution < -0.4 is 5.73 Å². The molecule has 0 saturated carbocycles. The molecule has 19 heavy (non-hydrogen) atoms. The third kappa shape index (κ3) is 3.16. The molecule has 2 saturated heterocycles. The third-order valence-electron chi connectivity index (χ3n) is 4.66. The molecular weight excluding hydrogens is 234 g/mol. The Morgan fingerprint density at radius 3 is 2.63 bits per heavy atom. The fourth-order valence-electron chi connectivity index (χ4n) is 3.48. The van der Waals surface area contributed by atoms with Crippen LogP contribution in [0, 0.1) is 5.92 Å². The summed E-state index contributed by atoms with van der Waals surface area (Å²) >= 11 is 0. The second-order valence-electron chi connectivity index (χ2n) is 6.05. The first-order valence-corrected chi connectivity index (χ1v) is 7.55. The summed E-state index contributed by atoms with van der Waals surface area (Å²) in [5, 5.41) is 0. The maximum atomic E-state index is 5.79. The van der Waals surface area contributed by atoms with Gasteiger partial charge in [0.2, 0.25) is 0 Å². The summed E-state index contributed by atoms with van der Waals surface area (Å²) in [4.78, 5) is 5.26. The molecule has 1 aromatic rings. The number of hydrogen-bond acceptors (Lipinski definition) is 3. The van der Waals surface area contributed by atoms with E-state index in [4.69, 9.17) is 5.73 Å². The van der Waals surface area contributed by atoms with Crippen molar-refractivity contribution in [2.45, 2.75) is 25.4 Å². The number of nitrogens with zero attached hydrogens (tertiary/aromatic N) is 2. The molecule has 2 atom stereocenters. The van der Waals surface area contributed by atoms with Crippen LogP contribution in [0.1, 0.15) is 18.4 Å². The quantitative estimate of drug-likeness (QED) is 0.890. The van der Waals surface area contributed by atoms with Gasteiger partial charge in [0.05, 0.1) is 0 Å². The highest BCUT2D eigenvalue weighted by molar-refractivity contribution is 5.14. The number of rotatable bonds is 4. The Bertz CT molecular complexity index is 392. The molecule has 2 fully saturated rings. The van der Waals surface area contributed by atoms with Gasteiger partial charge >= 0.3 is 0 Å². The van der Waals surface area contributed by atoms with Gasteiger partial charge in [-0.2, -0.15) is 0 Å². The summed E-state index contributed by atoms with van der Waals surface area (Å²) in [7, 11) is 0. The first kappa shape index (κ1) is 13.1. The highest BCUT2D eigenvalue weighted by Crippen LogP contribution is 2.24. The molecule has 104 valence electrons. The van der Waals surface area contributed by atoms with Crippen molar-refractivity contribution in [2.24, 2.45) is 11.7 Å². The predicted octanol–water partition coefficient (Wildman–Crippen LogP) is 1.54. The summed E-state index contributed by atoms with van der Waals surface area (Å²) in [6, 6.07) is 11.6. The molecule has 0 spiro atoms. The zero-order valence-electron chi connectivity index (χ0n) is 11.7. The van der Waals surface area contributed by atoms with Gasteiger partial charge < -0.3 is 5.73 Å². The van der Waals surface area contributed by atoms with E-state index in [-0.39, 0.29) is 0 Å². The maximum Gasteiger partial charge on any atom is 0.0235 e. The van der Waals surface area contributed by atoms with Gasteiger partial charge in [-0.3, -0.25) is 9.80 Å². The van der Waals surface area contributed by atoms with Crippen molar-refractivity contribution in [1.82, 2.24) is 9.80 Å². The van der Waals surface area contributed by atoms with Gasteiger partial charge in [-0.05, 0) is 37.4 Å². The normalized spacial score (nSPS) is 29.1. The van der Waals surface area contributed by atoms with E-state index in [1.165, 1.54) is 44.6 Å². The minimum Gasteiger partial charge on any atom is -0.330 e. The zero-order chi connectivity index (χ0) is 13.1. The molecule has 0 amide bonds.